The summed E-state index contributed by atoms with van der Waals surface area (Å²) in [5, 5.41) is 0. The summed E-state index contributed by atoms with van der Waals surface area (Å²) in [5.41, 5.74) is 0.814. The number of nitrogens with zero attached hydrogens (tertiary/aromatic N) is 1. The van der Waals surface area contributed by atoms with Gasteiger partial charge in [0.15, 0.2) is 0 Å². The molecule has 0 bridgehead atoms. The van der Waals surface area contributed by atoms with Gasteiger partial charge in [-0.3, -0.25) is 4.57 Å². The maximum Gasteiger partial charge on any atom is 0.387 e. The minimum atomic E-state index is -3.56. The first-order valence-electron chi connectivity index (χ1n) is 6.64. The molecule has 0 saturated carbocycles. The van der Waals surface area contributed by atoms with Crippen LogP contribution in [0.3, 0.4) is 0 Å². The van der Waals surface area contributed by atoms with Crippen molar-refractivity contribution in [2.75, 3.05) is 20.3 Å². The van der Waals surface area contributed by atoms with Crippen LogP contribution in [0.5, 0.6) is 5.95 Å². The summed E-state index contributed by atoms with van der Waals surface area (Å²) in [6, 6.07) is 9.27. The molecule has 0 atom stereocenters. The first-order chi connectivity index (χ1) is 10.1. The van der Waals surface area contributed by atoms with E-state index in [1.165, 1.54) is 7.11 Å². The minimum absolute atomic E-state index is 0.0408. The van der Waals surface area contributed by atoms with Gasteiger partial charge >= 0.3 is 13.5 Å². The van der Waals surface area contributed by atoms with Crippen molar-refractivity contribution < 1.29 is 22.8 Å². The van der Waals surface area contributed by atoms with Crippen LogP contribution in [0, 0.1) is 0 Å². The number of aromatic nitrogens is 1. The Labute approximate surface area is 123 Å². The summed E-state index contributed by atoms with van der Waals surface area (Å²) in [7, 11) is -2.14. The Morgan fingerprint density at radius 1 is 1.14 bits per heavy atom. The molecule has 0 saturated heterocycles. The summed E-state index contributed by atoms with van der Waals surface area (Å²) in [6.45, 7) is 3.93. The van der Waals surface area contributed by atoms with Gasteiger partial charge in [-0.05, 0) is 26.0 Å². The van der Waals surface area contributed by atoms with Crippen molar-refractivity contribution in [3.05, 3.63) is 30.3 Å². The molecule has 6 nitrogen and oxygen atoms in total. The van der Waals surface area contributed by atoms with Crippen LogP contribution in [-0.2, 0) is 13.6 Å². The summed E-state index contributed by atoms with van der Waals surface area (Å²) in [4.78, 5) is 4.26. The lowest BCUT2D eigenvalue weighted by Crippen LogP contribution is -2.14. The summed E-state index contributed by atoms with van der Waals surface area (Å²) in [5.74, 6) is 0.348. The maximum absolute atomic E-state index is 12.8. The zero-order valence-corrected chi connectivity index (χ0v) is 13.1. The van der Waals surface area contributed by atoms with E-state index in [4.69, 9.17) is 18.2 Å². The standard InChI is InChI=1S/C14H18NO5P/c1-4-18-21(16,19-5-2)13-14(17-3)20-12(15-13)11-9-7-6-8-10-11/h6-10H,4-5H2,1-3H3. The Morgan fingerprint density at radius 3 is 2.29 bits per heavy atom. The molecular formula is C14H18NO5P. The molecular weight excluding hydrogens is 293 g/mol. The molecule has 2 rings (SSSR count). The van der Waals surface area contributed by atoms with Crippen molar-refractivity contribution in [1.82, 2.24) is 4.98 Å². The Hall–Kier alpha value is -1.62. The number of benzene rings is 1. The van der Waals surface area contributed by atoms with E-state index in [1.807, 2.05) is 30.3 Å². The first-order valence-corrected chi connectivity index (χ1v) is 8.18. The Kier molecular flexibility index (Phi) is 5.17. The number of rotatable bonds is 7. The lowest BCUT2D eigenvalue weighted by molar-refractivity contribution is 0.227. The predicted molar refractivity (Wildman–Crippen MR) is 79.0 cm³/mol. The van der Waals surface area contributed by atoms with E-state index in [0.29, 0.717) is 5.89 Å². The molecule has 7 heteroatoms. The van der Waals surface area contributed by atoms with Gasteiger partial charge in [-0.25, -0.2) is 0 Å². The molecule has 0 aliphatic heterocycles. The number of methoxy groups -OCH3 is 1. The zero-order valence-electron chi connectivity index (χ0n) is 12.2. The van der Waals surface area contributed by atoms with Gasteiger partial charge in [0.25, 0.3) is 0 Å². The monoisotopic (exact) mass is 311 g/mol. The van der Waals surface area contributed by atoms with E-state index in [-0.39, 0.29) is 24.6 Å². The van der Waals surface area contributed by atoms with Crippen LogP contribution < -0.4 is 10.2 Å². The molecule has 21 heavy (non-hydrogen) atoms. The summed E-state index contributed by atoms with van der Waals surface area (Å²) < 4.78 is 34.0. The van der Waals surface area contributed by atoms with Crippen LogP contribution in [0.25, 0.3) is 11.5 Å². The van der Waals surface area contributed by atoms with Crippen molar-refractivity contribution in [3.63, 3.8) is 0 Å². The molecule has 2 aromatic rings. The number of oxazole rings is 1. The molecule has 0 spiro atoms. The van der Waals surface area contributed by atoms with E-state index in [2.05, 4.69) is 4.98 Å². The third-order valence-electron chi connectivity index (χ3n) is 2.64. The highest BCUT2D eigenvalue weighted by molar-refractivity contribution is 7.62. The molecule has 0 amide bonds. The normalized spacial score (nSPS) is 11.6. The average molecular weight is 311 g/mol. The van der Waals surface area contributed by atoms with E-state index < -0.39 is 7.60 Å². The first kappa shape index (κ1) is 15.8. The fourth-order valence-corrected chi connectivity index (χ4v) is 3.38. The largest absolute Gasteiger partial charge is 0.467 e. The molecule has 0 aliphatic carbocycles. The smallest absolute Gasteiger partial charge is 0.387 e. The van der Waals surface area contributed by atoms with Gasteiger partial charge in [0.05, 0.1) is 20.3 Å². The van der Waals surface area contributed by atoms with Crippen LogP contribution in [0.2, 0.25) is 0 Å². The van der Waals surface area contributed by atoms with Crippen LogP contribution in [0.4, 0.5) is 0 Å². The second-order valence-electron chi connectivity index (χ2n) is 4.03. The molecule has 0 N–H and O–H groups in total. The van der Waals surface area contributed by atoms with Gasteiger partial charge in [0.1, 0.15) is 0 Å². The van der Waals surface area contributed by atoms with Crippen molar-refractivity contribution >= 4 is 13.0 Å². The average Bonchev–Trinajstić information content (AvgIpc) is 2.94. The molecule has 114 valence electrons. The molecule has 1 aromatic heterocycles. The number of ether oxygens (including phenoxy) is 1. The van der Waals surface area contributed by atoms with Gasteiger partial charge in [-0.1, -0.05) is 18.2 Å². The van der Waals surface area contributed by atoms with Gasteiger partial charge in [0.2, 0.25) is 11.3 Å². The second kappa shape index (κ2) is 6.89. The van der Waals surface area contributed by atoms with Crippen molar-refractivity contribution in [3.8, 4) is 17.4 Å². The van der Waals surface area contributed by atoms with Crippen molar-refractivity contribution in [1.29, 1.82) is 0 Å². The quantitative estimate of drug-likeness (QED) is 0.731. The van der Waals surface area contributed by atoms with E-state index in [9.17, 15) is 4.57 Å². The Morgan fingerprint density at radius 2 is 1.76 bits per heavy atom. The SMILES string of the molecule is CCOP(=O)(OCC)c1nc(-c2ccccc2)oc1OC. The highest BCUT2D eigenvalue weighted by atomic mass is 31.2. The van der Waals surface area contributed by atoms with Crippen molar-refractivity contribution in [2.45, 2.75) is 13.8 Å². The van der Waals surface area contributed by atoms with E-state index in [0.717, 1.165) is 5.56 Å². The maximum atomic E-state index is 12.8. The van der Waals surface area contributed by atoms with Gasteiger partial charge in [-0.2, -0.15) is 4.98 Å². The highest BCUT2D eigenvalue weighted by Gasteiger charge is 2.36. The number of hydrogen-bond donors (Lipinski definition) is 0. The van der Waals surface area contributed by atoms with Crippen LogP contribution in [-0.4, -0.2) is 25.3 Å². The zero-order chi connectivity index (χ0) is 15.3. The highest BCUT2D eigenvalue weighted by Crippen LogP contribution is 2.49. The van der Waals surface area contributed by atoms with Crippen LogP contribution >= 0.6 is 7.60 Å². The second-order valence-corrected chi connectivity index (χ2v) is 5.97. The third kappa shape index (κ3) is 3.35. The molecule has 0 aliphatic rings. The lowest BCUT2D eigenvalue weighted by Gasteiger charge is -2.14. The molecule has 1 aromatic carbocycles. The fraction of sp³-hybridized carbons (Fsp3) is 0.357. The van der Waals surface area contributed by atoms with Gasteiger partial charge in [0, 0.05) is 5.56 Å². The lowest BCUT2D eigenvalue weighted by atomic mass is 10.2. The third-order valence-corrected chi connectivity index (χ3v) is 4.64. The number of hydrogen-bond acceptors (Lipinski definition) is 6. The topological polar surface area (TPSA) is 70.8 Å². The Bertz CT molecular complexity index is 616. The fourth-order valence-electron chi connectivity index (χ4n) is 1.81. The molecule has 0 unspecified atom stereocenters. The van der Waals surface area contributed by atoms with Gasteiger partial charge < -0.3 is 18.2 Å². The van der Waals surface area contributed by atoms with E-state index in [1.54, 1.807) is 13.8 Å². The van der Waals surface area contributed by atoms with Gasteiger partial charge in [-0.15, -0.1) is 0 Å². The molecule has 1 heterocycles. The Balaban J connectivity index is 2.48. The predicted octanol–water partition coefficient (Wildman–Crippen LogP) is 3.24. The van der Waals surface area contributed by atoms with Crippen LogP contribution in [0.15, 0.2) is 34.7 Å². The molecule has 0 fully saturated rings. The van der Waals surface area contributed by atoms with Crippen LogP contribution in [0.1, 0.15) is 13.8 Å². The summed E-state index contributed by atoms with van der Waals surface area (Å²) in [6.07, 6.45) is 0. The van der Waals surface area contributed by atoms with E-state index >= 15 is 0 Å². The minimum Gasteiger partial charge on any atom is -0.467 e. The van der Waals surface area contributed by atoms with Crippen molar-refractivity contribution in [2.24, 2.45) is 0 Å². The summed E-state index contributed by atoms with van der Waals surface area (Å²) >= 11 is 0. The molecule has 0 radical (unpaired) electrons.